The highest BCUT2D eigenvalue weighted by Gasteiger charge is 2.11. The van der Waals surface area contributed by atoms with E-state index in [-0.39, 0.29) is 0 Å². The van der Waals surface area contributed by atoms with Crippen LogP contribution in [0.15, 0.2) is 66.7 Å². The summed E-state index contributed by atoms with van der Waals surface area (Å²) >= 11 is 0. The number of nitrogens with one attached hydrogen (secondary N) is 1. The van der Waals surface area contributed by atoms with Crippen LogP contribution in [0.3, 0.4) is 0 Å². The van der Waals surface area contributed by atoms with Crippen LogP contribution in [0.1, 0.15) is 11.1 Å². The molecule has 0 saturated carbocycles. The van der Waals surface area contributed by atoms with Crippen molar-refractivity contribution in [3.63, 3.8) is 0 Å². The molecule has 1 heterocycles. The molecule has 0 aliphatic carbocycles. The highest BCUT2D eigenvalue weighted by atomic mass is 16.5. The summed E-state index contributed by atoms with van der Waals surface area (Å²) in [6.07, 6.45) is 0. The minimum absolute atomic E-state index is 0.684. The molecule has 1 aromatic heterocycles. The Labute approximate surface area is 158 Å². The van der Waals surface area contributed by atoms with Gasteiger partial charge in [0.1, 0.15) is 11.6 Å². The van der Waals surface area contributed by atoms with Gasteiger partial charge in [-0.1, -0.05) is 24.3 Å². The number of aromatic nitrogens is 2. The van der Waals surface area contributed by atoms with Gasteiger partial charge in [-0.25, -0.2) is 9.97 Å². The third-order valence-electron chi connectivity index (χ3n) is 4.60. The number of hydrogen-bond donors (Lipinski definition) is 1. The van der Waals surface area contributed by atoms with E-state index in [0.717, 1.165) is 33.7 Å². The van der Waals surface area contributed by atoms with Crippen LogP contribution in [0.2, 0.25) is 0 Å². The number of anilines is 2. The summed E-state index contributed by atoms with van der Waals surface area (Å²) in [5, 5.41) is 4.51. The van der Waals surface area contributed by atoms with Crippen molar-refractivity contribution in [2.45, 2.75) is 13.8 Å². The Morgan fingerprint density at radius 1 is 0.852 bits per heavy atom. The predicted molar refractivity (Wildman–Crippen MR) is 111 cm³/mol. The van der Waals surface area contributed by atoms with Crippen molar-refractivity contribution in [2.24, 2.45) is 0 Å². The number of rotatable bonds is 4. The molecule has 0 spiro atoms. The lowest BCUT2D eigenvalue weighted by atomic mass is 10.1. The van der Waals surface area contributed by atoms with E-state index in [4.69, 9.17) is 14.7 Å². The van der Waals surface area contributed by atoms with Gasteiger partial charge >= 0.3 is 0 Å². The van der Waals surface area contributed by atoms with Gasteiger partial charge < -0.3 is 10.1 Å². The molecule has 0 saturated heterocycles. The largest absolute Gasteiger partial charge is 0.497 e. The van der Waals surface area contributed by atoms with Crippen LogP contribution >= 0.6 is 0 Å². The number of fused-ring (bicyclic) bond motifs is 1. The van der Waals surface area contributed by atoms with Crippen LogP contribution in [0.4, 0.5) is 11.5 Å². The number of hydrogen-bond acceptors (Lipinski definition) is 4. The van der Waals surface area contributed by atoms with Crippen molar-refractivity contribution in [1.82, 2.24) is 9.97 Å². The summed E-state index contributed by atoms with van der Waals surface area (Å²) in [6, 6.07) is 22.2. The second-order valence-electron chi connectivity index (χ2n) is 6.58. The Bertz CT molecular complexity index is 1100. The number of aryl methyl sites for hydroxylation is 2. The van der Waals surface area contributed by atoms with Crippen LogP contribution in [0.25, 0.3) is 22.3 Å². The molecule has 3 aromatic carbocycles. The van der Waals surface area contributed by atoms with Gasteiger partial charge in [-0.3, -0.25) is 0 Å². The normalized spacial score (nSPS) is 10.8. The molecule has 1 N–H and O–H groups in total. The highest BCUT2D eigenvalue weighted by molar-refractivity contribution is 5.92. The topological polar surface area (TPSA) is 47.0 Å². The predicted octanol–water partition coefficient (Wildman–Crippen LogP) is 5.67. The lowest BCUT2D eigenvalue weighted by molar-refractivity contribution is 0.415. The Hall–Kier alpha value is -3.40. The van der Waals surface area contributed by atoms with Crippen molar-refractivity contribution < 1.29 is 4.74 Å². The summed E-state index contributed by atoms with van der Waals surface area (Å²) in [4.78, 5) is 9.58. The standard InChI is InChI=1S/C23H21N3O/c1-15-8-9-16(2)21(14-15)25-23-19-6-4-5-7-20(19)24-22(26-23)17-10-12-18(27-3)13-11-17/h4-14H,1-3H3,(H,24,25,26). The summed E-state index contributed by atoms with van der Waals surface area (Å²) in [5.41, 5.74) is 5.29. The minimum Gasteiger partial charge on any atom is -0.497 e. The van der Waals surface area contributed by atoms with Gasteiger partial charge in [0.2, 0.25) is 0 Å². The summed E-state index contributed by atoms with van der Waals surface area (Å²) in [5.74, 6) is 2.30. The Morgan fingerprint density at radius 2 is 1.63 bits per heavy atom. The highest BCUT2D eigenvalue weighted by Crippen LogP contribution is 2.29. The monoisotopic (exact) mass is 355 g/mol. The summed E-state index contributed by atoms with van der Waals surface area (Å²) < 4.78 is 5.25. The molecule has 0 bridgehead atoms. The van der Waals surface area contributed by atoms with Gasteiger partial charge in [-0.2, -0.15) is 0 Å². The molecular weight excluding hydrogens is 334 g/mol. The number of ether oxygens (including phenoxy) is 1. The van der Waals surface area contributed by atoms with E-state index in [9.17, 15) is 0 Å². The zero-order valence-electron chi connectivity index (χ0n) is 15.7. The smallest absolute Gasteiger partial charge is 0.162 e. The fourth-order valence-electron chi connectivity index (χ4n) is 3.04. The molecular formula is C23H21N3O. The first-order valence-corrected chi connectivity index (χ1v) is 8.89. The summed E-state index contributed by atoms with van der Waals surface area (Å²) in [7, 11) is 1.66. The number of nitrogens with zero attached hydrogens (tertiary/aromatic N) is 2. The molecule has 0 radical (unpaired) electrons. The van der Waals surface area contributed by atoms with Gasteiger partial charge in [0.15, 0.2) is 5.82 Å². The fraction of sp³-hybridized carbons (Fsp3) is 0.130. The van der Waals surface area contributed by atoms with Gasteiger partial charge in [0, 0.05) is 16.6 Å². The Balaban J connectivity index is 1.84. The van der Waals surface area contributed by atoms with E-state index >= 15 is 0 Å². The van der Waals surface area contributed by atoms with Crippen molar-refractivity contribution in [3.8, 4) is 17.1 Å². The maximum atomic E-state index is 5.25. The van der Waals surface area contributed by atoms with Gasteiger partial charge in [-0.05, 0) is 67.4 Å². The lowest BCUT2D eigenvalue weighted by Crippen LogP contribution is -2.01. The Kier molecular flexibility index (Phi) is 4.47. The first-order valence-electron chi connectivity index (χ1n) is 8.89. The second-order valence-corrected chi connectivity index (χ2v) is 6.58. The number of methoxy groups -OCH3 is 1. The molecule has 0 aliphatic rings. The first kappa shape index (κ1) is 17.0. The van der Waals surface area contributed by atoms with E-state index in [1.807, 2.05) is 48.5 Å². The van der Waals surface area contributed by atoms with Crippen LogP contribution in [-0.4, -0.2) is 17.1 Å². The second kappa shape index (κ2) is 7.08. The third kappa shape index (κ3) is 3.47. The van der Waals surface area contributed by atoms with E-state index in [1.54, 1.807) is 7.11 Å². The molecule has 4 nitrogen and oxygen atoms in total. The zero-order chi connectivity index (χ0) is 18.8. The Morgan fingerprint density at radius 3 is 2.41 bits per heavy atom. The number of para-hydroxylation sites is 1. The molecule has 4 aromatic rings. The molecule has 0 unspecified atom stereocenters. The van der Waals surface area contributed by atoms with Crippen LogP contribution < -0.4 is 10.1 Å². The van der Waals surface area contributed by atoms with Crippen LogP contribution in [-0.2, 0) is 0 Å². The zero-order valence-corrected chi connectivity index (χ0v) is 15.7. The van der Waals surface area contributed by atoms with E-state index in [0.29, 0.717) is 5.82 Å². The lowest BCUT2D eigenvalue weighted by Gasteiger charge is -2.13. The van der Waals surface area contributed by atoms with Crippen molar-refractivity contribution >= 4 is 22.4 Å². The molecule has 0 atom stereocenters. The van der Waals surface area contributed by atoms with Gasteiger partial charge in [0.05, 0.1) is 12.6 Å². The maximum absolute atomic E-state index is 5.25. The van der Waals surface area contributed by atoms with Gasteiger partial charge in [0.25, 0.3) is 0 Å². The minimum atomic E-state index is 0.684. The quantitative estimate of drug-likeness (QED) is 0.513. The summed E-state index contributed by atoms with van der Waals surface area (Å²) in [6.45, 7) is 4.18. The number of benzene rings is 3. The van der Waals surface area contributed by atoms with Crippen molar-refractivity contribution in [2.75, 3.05) is 12.4 Å². The average molecular weight is 355 g/mol. The molecule has 27 heavy (non-hydrogen) atoms. The maximum Gasteiger partial charge on any atom is 0.162 e. The van der Waals surface area contributed by atoms with Crippen molar-refractivity contribution in [1.29, 1.82) is 0 Å². The van der Waals surface area contributed by atoms with E-state index in [1.165, 1.54) is 11.1 Å². The molecule has 4 rings (SSSR count). The average Bonchev–Trinajstić information content (AvgIpc) is 2.70. The SMILES string of the molecule is COc1ccc(-c2nc(Nc3cc(C)ccc3C)c3ccccc3n2)cc1. The fourth-order valence-corrected chi connectivity index (χ4v) is 3.04. The van der Waals surface area contributed by atoms with Gasteiger partial charge in [-0.15, -0.1) is 0 Å². The molecule has 0 amide bonds. The molecule has 134 valence electrons. The third-order valence-corrected chi connectivity index (χ3v) is 4.60. The molecule has 4 heteroatoms. The first-order chi connectivity index (χ1) is 13.1. The molecule has 0 fully saturated rings. The van der Waals surface area contributed by atoms with E-state index < -0.39 is 0 Å². The molecule has 0 aliphatic heterocycles. The van der Waals surface area contributed by atoms with Crippen LogP contribution in [0.5, 0.6) is 5.75 Å². The van der Waals surface area contributed by atoms with Crippen LogP contribution in [0, 0.1) is 13.8 Å². The van der Waals surface area contributed by atoms with Crippen molar-refractivity contribution in [3.05, 3.63) is 77.9 Å². The van der Waals surface area contributed by atoms with E-state index in [2.05, 4.69) is 37.4 Å².